The van der Waals surface area contributed by atoms with Gasteiger partial charge < -0.3 is 34.6 Å². The Morgan fingerprint density at radius 2 is 1.82 bits per heavy atom. The SMILES string of the molecule is C[C@H]([C@@H]1O[C@H]1C[C@@H]1OC[C@H](CC(=O)CC(=O)c2ccc(OCCO)cc2)[C@@H](O)[C@H]1O)[C@H](C)O. The molecule has 0 bridgehead atoms. The van der Waals surface area contributed by atoms with E-state index in [-0.39, 0.29) is 62.4 Å². The van der Waals surface area contributed by atoms with Gasteiger partial charge in [0.05, 0.1) is 50.2 Å². The van der Waals surface area contributed by atoms with Crippen molar-refractivity contribution in [2.45, 2.75) is 69.7 Å². The van der Waals surface area contributed by atoms with Gasteiger partial charge >= 0.3 is 0 Å². The smallest absolute Gasteiger partial charge is 0.170 e. The van der Waals surface area contributed by atoms with E-state index in [4.69, 9.17) is 19.3 Å². The van der Waals surface area contributed by atoms with Gasteiger partial charge in [-0.2, -0.15) is 0 Å². The fourth-order valence-electron chi connectivity index (χ4n) is 4.19. The van der Waals surface area contributed by atoms with E-state index in [1.165, 1.54) is 0 Å². The first-order chi connectivity index (χ1) is 15.7. The van der Waals surface area contributed by atoms with E-state index in [9.17, 15) is 24.9 Å². The number of Topliss-reactive ketones (excluding diaryl/α,β-unsaturated/α-hetero) is 2. The number of epoxide rings is 1. The molecule has 2 aliphatic rings. The Hall–Kier alpha value is -1.88. The number of benzene rings is 1. The van der Waals surface area contributed by atoms with Crippen LogP contribution in [0.1, 0.15) is 43.5 Å². The molecule has 0 unspecified atom stereocenters. The van der Waals surface area contributed by atoms with Crippen molar-refractivity contribution < 1.29 is 44.2 Å². The third-order valence-electron chi connectivity index (χ3n) is 6.49. The van der Waals surface area contributed by atoms with Gasteiger partial charge in [0.25, 0.3) is 0 Å². The molecule has 2 saturated heterocycles. The number of carbonyl (C=O) groups excluding carboxylic acids is 2. The summed E-state index contributed by atoms with van der Waals surface area (Å²) in [6, 6.07) is 6.30. The predicted molar refractivity (Wildman–Crippen MR) is 117 cm³/mol. The Balaban J connectivity index is 1.44. The zero-order chi connectivity index (χ0) is 24.1. The van der Waals surface area contributed by atoms with Crippen molar-refractivity contribution in [3.63, 3.8) is 0 Å². The van der Waals surface area contributed by atoms with Crippen molar-refractivity contribution >= 4 is 11.6 Å². The summed E-state index contributed by atoms with van der Waals surface area (Å²) in [5, 5.41) is 39.5. The third kappa shape index (κ3) is 6.81. The Bertz CT molecular complexity index is 794. The Morgan fingerprint density at radius 1 is 1.12 bits per heavy atom. The summed E-state index contributed by atoms with van der Waals surface area (Å²) >= 11 is 0. The average Bonchev–Trinajstić information content (AvgIpc) is 3.56. The van der Waals surface area contributed by atoms with Crippen LogP contribution in [-0.2, 0) is 14.3 Å². The van der Waals surface area contributed by atoms with Crippen LogP contribution in [0.3, 0.4) is 0 Å². The standard InChI is InChI=1S/C24H34O9/c1-13(14(2)26)24-21(33-24)11-20-23(30)22(29)16(12-32-20)9-17(27)10-19(28)15-3-5-18(6-4-15)31-8-7-25/h3-6,13-14,16,20-26,29-30H,7-12H2,1-2H3/t13-,14-,16-,20-,21-,22+,23-,24-/m0/s1. The van der Waals surface area contributed by atoms with E-state index in [0.717, 1.165) is 0 Å². The average molecular weight is 467 g/mol. The van der Waals surface area contributed by atoms with Gasteiger partial charge in [0.1, 0.15) is 24.2 Å². The molecule has 9 nitrogen and oxygen atoms in total. The van der Waals surface area contributed by atoms with Crippen LogP contribution in [0.4, 0.5) is 0 Å². The number of rotatable bonds is 12. The molecule has 33 heavy (non-hydrogen) atoms. The highest BCUT2D eigenvalue weighted by Gasteiger charge is 2.48. The molecular weight excluding hydrogens is 432 g/mol. The summed E-state index contributed by atoms with van der Waals surface area (Å²) < 4.78 is 16.6. The number of hydrogen-bond acceptors (Lipinski definition) is 9. The topological polar surface area (TPSA) is 146 Å². The van der Waals surface area contributed by atoms with Crippen molar-refractivity contribution in [3.8, 4) is 5.75 Å². The van der Waals surface area contributed by atoms with Crippen molar-refractivity contribution in [1.29, 1.82) is 0 Å². The minimum Gasteiger partial charge on any atom is -0.491 e. The lowest BCUT2D eigenvalue weighted by Gasteiger charge is -2.37. The summed E-state index contributed by atoms with van der Waals surface area (Å²) in [5.74, 6) is -0.801. The number of aliphatic hydroxyl groups is 4. The van der Waals surface area contributed by atoms with Crippen LogP contribution in [0.2, 0.25) is 0 Å². The van der Waals surface area contributed by atoms with Gasteiger partial charge in [-0.05, 0) is 31.2 Å². The molecule has 1 aromatic rings. The summed E-state index contributed by atoms with van der Waals surface area (Å²) in [4.78, 5) is 24.8. The minimum atomic E-state index is -1.16. The van der Waals surface area contributed by atoms with Crippen molar-refractivity contribution in [1.82, 2.24) is 0 Å². The second-order valence-electron chi connectivity index (χ2n) is 9.03. The number of ether oxygens (including phenoxy) is 3. The highest BCUT2D eigenvalue weighted by atomic mass is 16.6. The van der Waals surface area contributed by atoms with Crippen molar-refractivity contribution in [3.05, 3.63) is 29.8 Å². The van der Waals surface area contributed by atoms with E-state index in [2.05, 4.69) is 0 Å². The molecule has 1 aromatic carbocycles. The zero-order valence-electron chi connectivity index (χ0n) is 19.0. The molecule has 2 aliphatic heterocycles. The van der Waals surface area contributed by atoms with Crippen LogP contribution in [0.15, 0.2) is 24.3 Å². The molecular formula is C24H34O9. The summed E-state index contributed by atoms with van der Waals surface area (Å²) in [5.41, 5.74) is 0.366. The zero-order valence-corrected chi connectivity index (χ0v) is 19.0. The fraction of sp³-hybridized carbons (Fsp3) is 0.667. The molecule has 0 saturated carbocycles. The lowest BCUT2D eigenvalue weighted by Crippen LogP contribution is -2.51. The second kappa shape index (κ2) is 11.5. The number of carbonyl (C=O) groups is 2. The van der Waals surface area contributed by atoms with Crippen LogP contribution < -0.4 is 4.74 Å². The highest BCUT2D eigenvalue weighted by molar-refractivity contribution is 6.08. The van der Waals surface area contributed by atoms with Gasteiger partial charge in [-0.1, -0.05) is 6.92 Å². The Kier molecular flexibility index (Phi) is 8.97. The molecule has 3 rings (SSSR count). The molecule has 0 amide bonds. The first kappa shape index (κ1) is 25.7. The quantitative estimate of drug-likeness (QED) is 0.196. The van der Waals surface area contributed by atoms with Gasteiger partial charge in [0, 0.05) is 30.2 Å². The maximum absolute atomic E-state index is 12.4. The fourth-order valence-corrected chi connectivity index (χ4v) is 4.19. The minimum absolute atomic E-state index is 0.0344. The summed E-state index contributed by atoms with van der Waals surface area (Å²) in [6.45, 7) is 3.74. The van der Waals surface area contributed by atoms with Crippen molar-refractivity contribution in [2.24, 2.45) is 11.8 Å². The van der Waals surface area contributed by atoms with E-state index >= 15 is 0 Å². The summed E-state index contributed by atoms with van der Waals surface area (Å²) in [6.07, 6.45) is -3.64. The highest BCUT2D eigenvalue weighted by Crippen LogP contribution is 2.37. The number of ketones is 2. The lowest BCUT2D eigenvalue weighted by molar-refractivity contribution is -0.170. The van der Waals surface area contributed by atoms with Crippen LogP contribution in [-0.4, -0.2) is 88.4 Å². The molecule has 0 spiro atoms. The van der Waals surface area contributed by atoms with E-state index in [0.29, 0.717) is 17.7 Å². The maximum atomic E-state index is 12.4. The first-order valence-electron chi connectivity index (χ1n) is 11.4. The van der Waals surface area contributed by atoms with Crippen LogP contribution in [0, 0.1) is 11.8 Å². The normalized spacial score (nSPS) is 31.0. The largest absolute Gasteiger partial charge is 0.491 e. The van der Waals surface area contributed by atoms with E-state index < -0.39 is 30.3 Å². The van der Waals surface area contributed by atoms with Gasteiger partial charge in [-0.15, -0.1) is 0 Å². The van der Waals surface area contributed by atoms with Crippen LogP contribution in [0.25, 0.3) is 0 Å². The molecule has 8 atom stereocenters. The Labute approximate surface area is 193 Å². The number of aliphatic hydroxyl groups excluding tert-OH is 4. The number of hydrogen-bond donors (Lipinski definition) is 4. The second-order valence-corrected chi connectivity index (χ2v) is 9.03. The molecule has 4 N–H and O–H groups in total. The Morgan fingerprint density at radius 3 is 2.45 bits per heavy atom. The molecule has 0 radical (unpaired) electrons. The summed E-state index contributed by atoms with van der Waals surface area (Å²) in [7, 11) is 0. The van der Waals surface area contributed by atoms with Gasteiger partial charge in [-0.25, -0.2) is 0 Å². The molecule has 184 valence electrons. The molecule has 0 aliphatic carbocycles. The first-order valence-corrected chi connectivity index (χ1v) is 11.4. The van der Waals surface area contributed by atoms with E-state index in [1.54, 1.807) is 31.2 Å². The van der Waals surface area contributed by atoms with Gasteiger partial charge in [0.2, 0.25) is 0 Å². The third-order valence-corrected chi connectivity index (χ3v) is 6.49. The lowest BCUT2D eigenvalue weighted by atomic mass is 9.85. The predicted octanol–water partition coefficient (Wildman–Crippen LogP) is 0.501. The maximum Gasteiger partial charge on any atom is 0.170 e. The van der Waals surface area contributed by atoms with Crippen LogP contribution in [0.5, 0.6) is 5.75 Å². The van der Waals surface area contributed by atoms with Crippen LogP contribution >= 0.6 is 0 Å². The molecule has 0 aromatic heterocycles. The molecule has 2 fully saturated rings. The van der Waals surface area contributed by atoms with Gasteiger partial charge in [0.15, 0.2) is 5.78 Å². The monoisotopic (exact) mass is 466 g/mol. The molecule has 2 heterocycles. The van der Waals surface area contributed by atoms with E-state index in [1.807, 2.05) is 6.92 Å². The van der Waals surface area contributed by atoms with Gasteiger partial charge in [-0.3, -0.25) is 9.59 Å². The van der Waals surface area contributed by atoms with Crippen molar-refractivity contribution in [2.75, 3.05) is 19.8 Å². The molecule has 9 heteroatoms.